The smallest absolute Gasteiger partial charge is 0.249 e. The van der Waals surface area contributed by atoms with Gasteiger partial charge in [0.15, 0.2) is 5.82 Å². The van der Waals surface area contributed by atoms with Crippen molar-refractivity contribution in [3.8, 4) is 0 Å². The molecule has 0 aliphatic rings. The van der Waals surface area contributed by atoms with Crippen molar-refractivity contribution in [2.75, 3.05) is 5.32 Å². The summed E-state index contributed by atoms with van der Waals surface area (Å²) in [4.78, 5) is 19.1. The van der Waals surface area contributed by atoms with E-state index in [9.17, 15) is 4.79 Å². The van der Waals surface area contributed by atoms with Crippen LogP contribution in [-0.2, 0) is 4.79 Å². The first-order chi connectivity index (χ1) is 9.70. The monoisotopic (exact) mass is 268 g/mol. The molecule has 6 nitrogen and oxygen atoms in total. The maximum Gasteiger partial charge on any atom is 0.249 e. The van der Waals surface area contributed by atoms with E-state index in [0.29, 0.717) is 17.4 Å². The fourth-order valence-electron chi connectivity index (χ4n) is 1.80. The summed E-state index contributed by atoms with van der Waals surface area (Å²) in [5.41, 5.74) is 1.79. The molecule has 2 N–H and O–H groups in total. The number of aromatic nitrogens is 3. The second kappa shape index (κ2) is 5.00. The average molecular weight is 268 g/mol. The van der Waals surface area contributed by atoms with Crippen molar-refractivity contribution in [1.82, 2.24) is 15.1 Å². The number of carbonyl (C=O) groups is 1. The number of para-hydroxylation sites is 2. The van der Waals surface area contributed by atoms with Crippen LogP contribution < -0.4 is 5.32 Å². The first-order valence-electron chi connectivity index (χ1n) is 6.08. The number of carbonyl (C=O) groups excluding carboxylic acids is 1. The van der Waals surface area contributed by atoms with E-state index >= 15 is 0 Å². The Morgan fingerprint density at radius 1 is 1.40 bits per heavy atom. The van der Waals surface area contributed by atoms with Crippen LogP contribution in [0.4, 0.5) is 5.82 Å². The number of hydrogen-bond donors (Lipinski definition) is 2. The summed E-state index contributed by atoms with van der Waals surface area (Å²) >= 11 is 0. The van der Waals surface area contributed by atoms with Crippen LogP contribution in [0.3, 0.4) is 0 Å². The van der Waals surface area contributed by atoms with Gasteiger partial charge in [0.2, 0.25) is 5.91 Å². The van der Waals surface area contributed by atoms with Gasteiger partial charge in [-0.3, -0.25) is 4.79 Å². The van der Waals surface area contributed by atoms with Crippen molar-refractivity contribution in [2.24, 2.45) is 0 Å². The number of fused-ring (bicyclic) bond motifs is 1. The van der Waals surface area contributed by atoms with Crippen LogP contribution >= 0.6 is 0 Å². The van der Waals surface area contributed by atoms with E-state index in [2.05, 4.69) is 20.4 Å². The second-order valence-electron chi connectivity index (χ2n) is 4.28. The number of nitrogens with zero attached hydrogens (tertiary/aromatic N) is 2. The van der Waals surface area contributed by atoms with Gasteiger partial charge in [0.05, 0.1) is 11.0 Å². The van der Waals surface area contributed by atoms with Crippen LogP contribution in [0.25, 0.3) is 17.1 Å². The van der Waals surface area contributed by atoms with Crippen molar-refractivity contribution in [3.63, 3.8) is 0 Å². The van der Waals surface area contributed by atoms with Gasteiger partial charge >= 0.3 is 0 Å². The lowest BCUT2D eigenvalue weighted by Crippen LogP contribution is -2.07. The van der Waals surface area contributed by atoms with Gasteiger partial charge in [-0.2, -0.15) is 0 Å². The number of aromatic amines is 1. The minimum absolute atomic E-state index is 0.293. The molecule has 0 saturated heterocycles. The lowest BCUT2D eigenvalue weighted by molar-refractivity contribution is -0.111. The Hall–Kier alpha value is -2.89. The number of hydrogen-bond acceptors (Lipinski definition) is 4. The largest absolute Gasteiger partial charge is 0.360 e. The summed E-state index contributed by atoms with van der Waals surface area (Å²) in [6.45, 7) is 1.76. The Balaban J connectivity index is 1.71. The van der Waals surface area contributed by atoms with E-state index < -0.39 is 0 Å². The molecule has 2 aromatic heterocycles. The SMILES string of the molecule is Cc1cc(NC(=O)/C=C\c2nc3ccccc3[nH]2)no1. The van der Waals surface area contributed by atoms with Gasteiger partial charge < -0.3 is 14.8 Å². The molecule has 0 atom stereocenters. The molecule has 0 saturated carbocycles. The molecule has 3 rings (SSSR count). The number of aryl methyl sites for hydroxylation is 1. The number of H-pyrrole nitrogens is 1. The summed E-state index contributed by atoms with van der Waals surface area (Å²) < 4.78 is 4.86. The van der Waals surface area contributed by atoms with Crippen LogP contribution in [0.1, 0.15) is 11.6 Å². The predicted molar refractivity (Wildman–Crippen MR) is 75.0 cm³/mol. The molecule has 0 bridgehead atoms. The van der Waals surface area contributed by atoms with E-state index in [1.807, 2.05) is 24.3 Å². The van der Waals surface area contributed by atoms with Gasteiger partial charge in [-0.15, -0.1) is 0 Å². The predicted octanol–water partition coefficient (Wildman–Crippen LogP) is 2.51. The highest BCUT2D eigenvalue weighted by Crippen LogP contribution is 2.11. The van der Waals surface area contributed by atoms with Crippen LogP contribution in [0.5, 0.6) is 0 Å². The maximum atomic E-state index is 11.7. The second-order valence-corrected chi connectivity index (χ2v) is 4.28. The maximum absolute atomic E-state index is 11.7. The fraction of sp³-hybridized carbons (Fsp3) is 0.0714. The molecule has 1 aromatic carbocycles. The summed E-state index contributed by atoms with van der Waals surface area (Å²) in [6, 6.07) is 9.32. The molecule has 100 valence electrons. The van der Waals surface area contributed by atoms with Crippen molar-refractivity contribution < 1.29 is 9.32 Å². The Kier molecular flexibility index (Phi) is 3.04. The molecular weight excluding hydrogens is 256 g/mol. The highest BCUT2D eigenvalue weighted by atomic mass is 16.5. The van der Waals surface area contributed by atoms with Crippen LogP contribution in [0.2, 0.25) is 0 Å². The van der Waals surface area contributed by atoms with E-state index in [4.69, 9.17) is 4.52 Å². The molecule has 0 aliphatic heterocycles. The van der Waals surface area contributed by atoms with Gasteiger partial charge in [0, 0.05) is 12.1 Å². The van der Waals surface area contributed by atoms with Crippen LogP contribution in [0.15, 0.2) is 40.9 Å². The zero-order valence-corrected chi connectivity index (χ0v) is 10.8. The molecule has 3 aromatic rings. The highest BCUT2D eigenvalue weighted by molar-refractivity contribution is 6.01. The van der Waals surface area contributed by atoms with Crippen LogP contribution in [-0.4, -0.2) is 21.0 Å². The van der Waals surface area contributed by atoms with Crippen molar-refractivity contribution in [3.05, 3.63) is 48.0 Å². The third kappa shape index (κ3) is 2.59. The minimum Gasteiger partial charge on any atom is -0.360 e. The van der Waals surface area contributed by atoms with Crippen molar-refractivity contribution in [1.29, 1.82) is 0 Å². The Morgan fingerprint density at radius 2 is 2.25 bits per heavy atom. The van der Waals surface area contributed by atoms with E-state index in [1.165, 1.54) is 6.08 Å². The minimum atomic E-state index is -0.293. The third-order valence-corrected chi connectivity index (χ3v) is 2.68. The lowest BCUT2D eigenvalue weighted by Gasteiger charge is -1.93. The molecule has 0 radical (unpaired) electrons. The lowest BCUT2D eigenvalue weighted by atomic mass is 10.3. The summed E-state index contributed by atoms with van der Waals surface area (Å²) in [5.74, 6) is 1.36. The fourth-order valence-corrected chi connectivity index (χ4v) is 1.80. The summed E-state index contributed by atoms with van der Waals surface area (Å²) in [7, 11) is 0. The molecule has 1 amide bonds. The molecule has 0 spiro atoms. The van der Waals surface area contributed by atoms with Gasteiger partial charge in [-0.1, -0.05) is 17.3 Å². The summed E-state index contributed by atoms with van der Waals surface area (Å²) in [6.07, 6.45) is 3.00. The number of anilines is 1. The number of nitrogens with one attached hydrogen (secondary N) is 2. The quantitative estimate of drug-likeness (QED) is 0.715. The zero-order chi connectivity index (χ0) is 13.9. The first kappa shape index (κ1) is 12.2. The van der Waals surface area contributed by atoms with E-state index in [0.717, 1.165) is 11.0 Å². The van der Waals surface area contributed by atoms with E-state index in [1.54, 1.807) is 19.1 Å². The third-order valence-electron chi connectivity index (χ3n) is 2.68. The molecule has 0 aliphatic carbocycles. The highest BCUT2D eigenvalue weighted by Gasteiger charge is 2.03. The number of imidazole rings is 1. The number of amides is 1. The van der Waals surface area contributed by atoms with E-state index in [-0.39, 0.29) is 5.91 Å². The molecule has 20 heavy (non-hydrogen) atoms. The molecule has 0 unspecified atom stereocenters. The van der Waals surface area contributed by atoms with Crippen LogP contribution in [0, 0.1) is 6.92 Å². The average Bonchev–Trinajstić information content (AvgIpc) is 3.02. The molecular formula is C14H12N4O2. The topological polar surface area (TPSA) is 83.8 Å². The number of benzene rings is 1. The van der Waals surface area contributed by atoms with Gasteiger partial charge in [0.1, 0.15) is 11.6 Å². The van der Waals surface area contributed by atoms with Crippen molar-refractivity contribution >= 4 is 28.8 Å². The number of rotatable bonds is 3. The standard InChI is InChI=1S/C14H12N4O2/c1-9-8-13(18-20-9)17-14(19)7-6-12-15-10-4-2-3-5-11(10)16-12/h2-8H,1H3,(H,15,16)(H,17,18,19)/b7-6-. The van der Waals surface area contributed by atoms with Gasteiger partial charge in [0.25, 0.3) is 0 Å². The van der Waals surface area contributed by atoms with Gasteiger partial charge in [-0.05, 0) is 25.1 Å². The Morgan fingerprint density at radius 3 is 3.00 bits per heavy atom. The Bertz CT molecular complexity index is 752. The zero-order valence-electron chi connectivity index (χ0n) is 10.8. The first-order valence-corrected chi connectivity index (χ1v) is 6.08. The molecule has 2 heterocycles. The Labute approximate surface area is 114 Å². The molecule has 0 fully saturated rings. The summed E-state index contributed by atoms with van der Waals surface area (Å²) in [5, 5.41) is 6.28. The van der Waals surface area contributed by atoms with Crippen molar-refractivity contribution in [2.45, 2.75) is 6.92 Å². The normalized spacial score (nSPS) is 11.2. The van der Waals surface area contributed by atoms with Gasteiger partial charge in [-0.25, -0.2) is 4.98 Å². The molecule has 6 heteroatoms.